The normalized spacial score (nSPS) is 10.1. The number of benzene rings is 1. The van der Waals surface area contributed by atoms with Gasteiger partial charge in [-0.3, -0.25) is 0 Å². The Morgan fingerprint density at radius 2 is 2.06 bits per heavy atom. The van der Waals surface area contributed by atoms with E-state index in [1.54, 1.807) is 12.1 Å². The van der Waals surface area contributed by atoms with Crippen LogP contribution >= 0.6 is 0 Å². The Morgan fingerprint density at radius 3 is 2.67 bits per heavy atom. The summed E-state index contributed by atoms with van der Waals surface area (Å²) in [6.45, 7) is 0. The summed E-state index contributed by atoms with van der Waals surface area (Å²) in [5, 5.41) is 8.93. The van der Waals surface area contributed by atoms with Crippen LogP contribution in [0.4, 0.5) is 4.39 Å². The number of carbonyl (C=O) groups is 1. The number of ether oxygens (including phenoxy) is 1. The molecule has 2 aromatic rings. The van der Waals surface area contributed by atoms with Crippen LogP contribution in [-0.4, -0.2) is 23.2 Å². The first-order chi connectivity index (χ1) is 8.61. The molecule has 0 aliphatic heterocycles. The Bertz CT molecular complexity index is 599. The summed E-state index contributed by atoms with van der Waals surface area (Å²) in [6.07, 6.45) is 0. The molecule has 5 heteroatoms. The number of hydrogen-bond donors (Lipinski definition) is 1. The molecular formula is C13H10FNO3. The number of aromatic carboxylic acids is 1. The van der Waals surface area contributed by atoms with Crippen LogP contribution in [0.1, 0.15) is 10.5 Å². The first-order valence-electron chi connectivity index (χ1n) is 5.16. The fraction of sp³-hybridized carbons (Fsp3) is 0.0769. The summed E-state index contributed by atoms with van der Waals surface area (Å²) in [5.74, 6) is -1.33. The molecule has 0 radical (unpaired) electrons. The van der Waals surface area contributed by atoms with Crippen LogP contribution in [0.25, 0.3) is 11.3 Å². The summed E-state index contributed by atoms with van der Waals surface area (Å²) in [5.41, 5.74) is 0.274. The molecule has 0 aliphatic carbocycles. The van der Waals surface area contributed by atoms with Gasteiger partial charge in [0.1, 0.15) is 11.6 Å². The Hall–Kier alpha value is -2.43. The number of carboxylic acids is 1. The fourth-order valence-corrected chi connectivity index (χ4v) is 1.54. The highest BCUT2D eigenvalue weighted by Gasteiger charge is 2.12. The van der Waals surface area contributed by atoms with Crippen molar-refractivity contribution in [2.75, 3.05) is 7.11 Å². The van der Waals surface area contributed by atoms with E-state index in [0.29, 0.717) is 5.75 Å². The number of nitrogens with zero attached hydrogens (tertiary/aromatic N) is 1. The smallest absolute Gasteiger partial charge is 0.354 e. The molecule has 2 rings (SSSR count). The van der Waals surface area contributed by atoms with Crippen molar-refractivity contribution in [2.45, 2.75) is 0 Å². The van der Waals surface area contributed by atoms with Crippen molar-refractivity contribution in [3.63, 3.8) is 0 Å². The second kappa shape index (κ2) is 4.83. The van der Waals surface area contributed by atoms with Crippen molar-refractivity contribution >= 4 is 5.97 Å². The predicted octanol–water partition coefficient (Wildman–Crippen LogP) is 2.59. The van der Waals surface area contributed by atoms with Crippen molar-refractivity contribution in [1.82, 2.24) is 4.98 Å². The second-order valence-electron chi connectivity index (χ2n) is 3.56. The topological polar surface area (TPSA) is 59.4 Å². The molecule has 0 amide bonds. The lowest BCUT2D eigenvalue weighted by atomic mass is 10.1. The van der Waals surface area contributed by atoms with Gasteiger partial charge in [-0.15, -0.1) is 0 Å². The van der Waals surface area contributed by atoms with Gasteiger partial charge in [-0.05, 0) is 12.1 Å². The van der Waals surface area contributed by atoms with Gasteiger partial charge in [-0.25, -0.2) is 14.2 Å². The molecule has 0 fully saturated rings. The van der Waals surface area contributed by atoms with E-state index in [1.807, 2.05) is 0 Å². The lowest BCUT2D eigenvalue weighted by Gasteiger charge is -2.07. The van der Waals surface area contributed by atoms with Crippen molar-refractivity contribution < 1.29 is 19.0 Å². The molecule has 1 aromatic carbocycles. The molecule has 0 saturated carbocycles. The van der Waals surface area contributed by atoms with E-state index in [0.717, 1.165) is 0 Å². The lowest BCUT2D eigenvalue weighted by Crippen LogP contribution is -2.02. The molecule has 4 nitrogen and oxygen atoms in total. The molecule has 0 atom stereocenters. The van der Waals surface area contributed by atoms with Crippen LogP contribution in [-0.2, 0) is 0 Å². The first kappa shape index (κ1) is 12.0. The summed E-state index contributed by atoms with van der Waals surface area (Å²) >= 11 is 0. The molecule has 1 N–H and O–H groups in total. The van der Waals surface area contributed by atoms with E-state index in [1.165, 1.54) is 31.4 Å². The second-order valence-corrected chi connectivity index (χ2v) is 3.56. The van der Waals surface area contributed by atoms with Gasteiger partial charge in [0, 0.05) is 17.7 Å². The predicted molar refractivity (Wildman–Crippen MR) is 63.1 cm³/mol. The maximum absolute atomic E-state index is 13.6. The number of rotatable bonds is 3. The number of halogens is 1. The minimum absolute atomic E-state index is 0.187. The summed E-state index contributed by atoms with van der Waals surface area (Å²) in [7, 11) is 1.41. The lowest BCUT2D eigenvalue weighted by molar-refractivity contribution is 0.0690. The van der Waals surface area contributed by atoms with Crippen molar-refractivity contribution in [3.8, 4) is 17.0 Å². The van der Waals surface area contributed by atoms with Gasteiger partial charge in [0.05, 0.1) is 12.8 Å². The molecule has 1 aromatic heterocycles. The summed E-state index contributed by atoms with van der Waals surface area (Å²) in [4.78, 5) is 14.8. The highest BCUT2D eigenvalue weighted by atomic mass is 19.1. The standard InChI is InChI=1S/C13H10FNO3/c1-18-8-6-11(15-12(7-8)13(16)17)9-4-2-3-5-10(9)14/h2-7H,1H3,(H,16,17). The summed E-state index contributed by atoms with van der Waals surface area (Å²) < 4.78 is 18.6. The third kappa shape index (κ3) is 2.29. The zero-order valence-electron chi connectivity index (χ0n) is 9.55. The molecule has 1 heterocycles. The third-order valence-corrected chi connectivity index (χ3v) is 2.40. The Labute approximate surface area is 103 Å². The van der Waals surface area contributed by atoms with E-state index < -0.39 is 11.8 Å². The molecule has 0 saturated heterocycles. The van der Waals surface area contributed by atoms with Crippen molar-refractivity contribution in [3.05, 3.63) is 47.9 Å². The SMILES string of the molecule is COc1cc(C(=O)O)nc(-c2ccccc2F)c1. The zero-order valence-corrected chi connectivity index (χ0v) is 9.55. The van der Waals surface area contributed by atoms with Crippen LogP contribution in [0.2, 0.25) is 0 Å². The van der Waals surface area contributed by atoms with E-state index in [9.17, 15) is 9.18 Å². The third-order valence-electron chi connectivity index (χ3n) is 2.40. The van der Waals surface area contributed by atoms with Gasteiger partial charge < -0.3 is 9.84 Å². The van der Waals surface area contributed by atoms with Crippen molar-refractivity contribution in [1.29, 1.82) is 0 Å². The van der Waals surface area contributed by atoms with Crippen LogP contribution in [0.15, 0.2) is 36.4 Å². The monoisotopic (exact) mass is 247 g/mol. The Kier molecular flexibility index (Phi) is 3.23. The van der Waals surface area contributed by atoms with Gasteiger partial charge in [0.15, 0.2) is 5.69 Å². The minimum atomic E-state index is -1.19. The van der Waals surface area contributed by atoms with Crippen molar-refractivity contribution in [2.24, 2.45) is 0 Å². The van der Waals surface area contributed by atoms with E-state index in [-0.39, 0.29) is 17.0 Å². The average Bonchev–Trinajstić information content (AvgIpc) is 2.38. The van der Waals surface area contributed by atoms with Gasteiger partial charge in [0.25, 0.3) is 0 Å². The fourth-order valence-electron chi connectivity index (χ4n) is 1.54. The largest absolute Gasteiger partial charge is 0.497 e. The minimum Gasteiger partial charge on any atom is -0.497 e. The first-order valence-corrected chi connectivity index (χ1v) is 5.16. The molecule has 92 valence electrons. The van der Waals surface area contributed by atoms with E-state index in [4.69, 9.17) is 9.84 Å². The maximum atomic E-state index is 13.6. The van der Waals surface area contributed by atoms with Crippen LogP contribution < -0.4 is 4.74 Å². The molecule has 0 unspecified atom stereocenters. The number of hydrogen-bond acceptors (Lipinski definition) is 3. The van der Waals surface area contributed by atoms with Crippen LogP contribution in [0.5, 0.6) is 5.75 Å². The number of methoxy groups -OCH3 is 1. The molecular weight excluding hydrogens is 237 g/mol. The molecule has 0 aliphatic rings. The van der Waals surface area contributed by atoms with E-state index >= 15 is 0 Å². The van der Waals surface area contributed by atoms with Gasteiger partial charge in [0.2, 0.25) is 0 Å². The molecule has 0 spiro atoms. The van der Waals surface area contributed by atoms with Crippen LogP contribution in [0, 0.1) is 5.82 Å². The van der Waals surface area contributed by atoms with Crippen LogP contribution in [0.3, 0.4) is 0 Å². The van der Waals surface area contributed by atoms with Gasteiger partial charge in [-0.1, -0.05) is 12.1 Å². The molecule has 18 heavy (non-hydrogen) atoms. The maximum Gasteiger partial charge on any atom is 0.354 e. The zero-order chi connectivity index (χ0) is 13.1. The number of carboxylic acid groups (broad SMARTS) is 1. The average molecular weight is 247 g/mol. The molecule has 0 bridgehead atoms. The highest BCUT2D eigenvalue weighted by molar-refractivity contribution is 5.86. The highest BCUT2D eigenvalue weighted by Crippen LogP contribution is 2.25. The van der Waals surface area contributed by atoms with Gasteiger partial charge >= 0.3 is 5.97 Å². The van der Waals surface area contributed by atoms with Gasteiger partial charge in [-0.2, -0.15) is 0 Å². The summed E-state index contributed by atoms with van der Waals surface area (Å²) in [6, 6.07) is 8.80. The Morgan fingerprint density at radius 1 is 1.33 bits per heavy atom. The number of aromatic nitrogens is 1. The quantitative estimate of drug-likeness (QED) is 0.905. The Balaban J connectivity index is 2.60. The van der Waals surface area contributed by atoms with E-state index in [2.05, 4.69) is 4.98 Å². The number of pyridine rings is 1.